The van der Waals surface area contributed by atoms with Gasteiger partial charge in [0.2, 0.25) is 0 Å². The summed E-state index contributed by atoms with van der Waals surface area (Å²) in [5, 5.41) is 0. The molecule has 0 saturated heterocycles. The first-order valence-corrected chi connectivity index (χ1v) is 7.64. The predicted molar refractivity (Wildman–Crippen MR) is 84.9 cm³/mol. The van der Waals surface area contributed by atoms with Gasteiger partial charge in [-0.1, -0.05) is 25.0 Å². The first kappa shape index (κ1) is 15.1. The van der Waals surface area contributed by atoms with Gasteiger partial charge in [0.1, 0.15) is 5.82 Å². The van der Waals surface area contributed by atoms with Crippen LogP contribution in [0.2, 0.25) is 0 Å². The van der Waals surface area contributed by atoms with Crippen LogP contribution in [0.4, 0.5) is 10.1 Å². The molecule has 0 bridgehead atoms. The van der Waals surface area contributed by atoms with Crippen molar-refractivity contribution in [1.29, 1.82) is 0 Å². The summed E-state index contributed by atoms with van der Waals surface area (Å²) in [6, 6.07) is 5.30. The molecule has 0 aromatic heterocycles. The second kappa shape index (κ2) is 5.99. The topological polar surface area (TPSA) is 3.24 Å². The Kier molecular flexibility index (Phi) is 4.52. The zero-order valence-corrected chi connectivity index (χ0v) is 13.0. The van der Waals surface area contributed by atoms with Crippen LogP contribution in [-0.2, 0) is 5.41 Å². The lowest BCUT2D eigenvalue weighted by Crippen LogP contribution is -2.31. The van der Waals surface area contributed by atoms with Crippen molar-refractivity contribution in [2.45, 2.75) is 51.4 Å². The van der Waals surface area contributed by atoms with Crippen LogP contribution in [0.3, 0.4) is 0 Å². The SMILES string of the molecule is C=C(C)CCCC1(CCC)CN(C)c2cc(F)ccc21. The molecule has 1 atom stereocenters. The fourth-order valence-corrected chi connectivity index (χ4v) is 3.65. The average Bonchev–Trinajstić information content (AvgIpc) is 2.62. The Morgan fingerprint density at radius 2 is 2.15 bits per heavy atom. The Balaban J connectivity index is 2.28. The molecule has 0 N–H and O–H groups in total. The summed E-state index contributed by atoms with van der Waals surface area (Å²) in [6.45, 7) is 9.34. The first-order valence-electron chi connectivity index (χ1n) is 7.64. The summed E-state index contributed by atoms with van der Waals surface area (Å²) < 4.78 is 13.5. The maximum atomic E-state index is 13.5. The van der Waals surface area contributed by atoms with Gasteiger partial charge in [-0.25, -0.2) is 4.39 Å². The fourth-order valence-electron chi connectivity index (χ4n) is 3.65. The molecule has 0 spiro atoms. The minimum absolute atomic E-state index is 0.134. The molecule has 0 saturated carbocycles. The van der Waals surface area contributed by atoms with Gasteiger partial charge >= 0.3 is 0 Å². The Bertz CT molecular complexity index is 494. The highest BCUT2D eigenvalue weighted by Gasteiger charge is 2.40. The second-order valence-corrected chi connectivity index (χ2v) is 6.36. The minimum atomic E-state index is -0.134. The van der Waals surface area contributed by atoms with Gasteiger partial charge in [0.25, 0.3) is 0 Å². The van der Waals surface area contributed by atoms with E-state index < -0.39 is 0 Å². The van der Waals surface area contributed by atoms with E-state index in [1.165, 1.54) is 24.0 Å². The summed E-state index contributed by atoms with van der Waals surface area (Å²) in [5.41, 5.74) is 3.86. The van der Waals surface area contributed by atoms with E-state index in [4.69, 9.17) is 0 Å². The molecule has 0 amide bonds. The highest BCUT2D eigenvalue weighted by atomic mass is 19.1. The van der Waals surface area contributed by atoms with E-state index >= 15 is 0 Å². The van der Waals surface area contributed by atoms with E-state index in [1.54, 1.807) is 12.1 Å². The molecule has 1 aromatic rings. The van der Waals surface area contributed by atoms with E-state index in [9.17, 15) is 4.39 Å². The van der Waals surface area contributed by atoms with Crippen molar-refractivity contribution in [3.63, 3.8) is 0 Å². The molecule has 1 aliphatic rings. The molecule has 1 aromatic carbocycles. The van der Waals surface area contributed by atoms with Gasteiger partial charge in [-0.3, -0.25) is 0 Å². The number of hydrogen-bond acceptors (Lipinski definition) is 1. The predicted octanol–water partition coefficient (Wildman–Crippen LogP) is 5.06. The summed E-state index contributed by atoms with van der Waals surface area (Å²) >= 11 is 0. The number of allylic oxidation sites excluding steroid dienone is 1. The van der Waals surface area contributed by atoms with Gasteiger partial charge in [0.15, 0.2) is 0 Å². The van der Waals surface area contributed by atoms with E-state index in [1.807, 2.05) is 6.07 Å². The summed E-state index contributed by atoms with van der Waals surface area (Å²) in [7, 11) is 2.08. The van der Waals surface area contributed by atoms with Crippen molar-refractivity contribution in [2.24, 2.45) is 0 Å². The van der Waals surface area contributed by atoms with Crippen molar-refractivity contribution in [1.82, 2.24) is 0 Å². The molecule has 0 aliphatic carbocycles. The van der Waals surface area contributed by atoms with Gasteiger partial charge in [-0.2, -0.15) is 0 Å². The number of nitrogens with zero attached hydrogens (tertiary/aromatic N) is 1. The van der Waals surface area contributed by atoms with Crippen molar-refractivity contribution >= 4 is 5.69 Å². The van der Waals surface area contributed by atoms with E-state index in [-0.39, 0.29) is 11.2 Å². The number of halogens is 1. The third kappa shape index (κ3) is 2.89. The maximum absolute atomic E-state index is 13.5. The summed E-state index contributed by atoms with van der Waals surface area (Å²) in [5.74, 6) is -0.134. The number of anilines is 1. The van der Waals surface area contributed by atoms with Crippen molar-refractivity contribution in [3.05, 3.63) is 41.7 Å². The lowest BCUT2D eigenvalue weighted by Gasteiger charge is -2.30. The van der Waals surface area contributed by atoms with E-state index in [2.05, 4.69) is 32.4 Å². The van der Waals surface area contributed by atoms with Gasteiger partial charge in [-0.15, -0.1) is 6.58 Å². The Labute approximate surface area is 122 Å². The van der Waals surface area contributed by atoms with E-state index in [0.717, 1.165) is 31.5 Å². The third-order valence-electron chi connectivity index (χ3n) is 4.47. The molecule has 1 unspecified atom stereocenters. The number of hydrogen-bond donors (Lipinski definition) is 0. The van der Waals surface area contributed by atoms with Gasteiger partial charge < -0.3 is 4.90 Å². The fraction of sp³-hybridized carbons (Fsp3) is 0.556. The number of likely N-dealkylation sites (N-methyl/N-ethyl adjacent to an activating group) is 1. The lowest BCUT2D eigenvalue weighted by molar-refractivity contribution is 0.374. The normalized spacial score (nSPS) is 21.1. The largest absolute Gasteiger partial charge is 0.373 e. The van der Waals surface area contributed by atoms with Crippen LogP contribution < -0.4 is 4.90 Å². The zero-order valence-electron chi connectivity index (χ0n) is 13.0. The Morgan fingerprint density at radius 3 is 2.80 bits per heavy atom. The van der Waals surface area contributed by atoms with Crippen LogP contribution in [0.15, 0.2) is 30.4 Å². The molecular formula is C18H26FN. The smallest absolute Gasteiger partial charge is 0.125 e. The average molecular weight is 275 g/mol. The summed E-state index contributed by atoms with van der Waals surface area (Å²) in [6.07, 6.45) is 5.76. The maximum Gasteiger partial charge on any atom is 0.125 e. The third-order valence-corrected chi connectivity index (χ3v) is 4.47. The lowest BCUT2D eigenvalue weighted by atomic mass is 9.74. The molecule has 2 rings (SSSR count). The number of benzene rings is 1. The van der Waals surface area contributed by atoms with Crippen LogP contribution in [0.25, 0.3) is 0 Å². The standard InChI is InChI=1S/C18H26FN/c1-5-10-18(11-6-7-14(2)3)13-20(4)17-12-15(19)8-9-16(17)18/h8-9,12H,2,5-7,10-11,13H2,1,3-4H3. The highest BCUT2D eigenvalue weighted by Crippen LogP contribution is 2.46. The van der Waals surface area contributed by atoms with Crippen molar-refractivity contribution in [2.75, 3.05) is 18.5 Å². The number of fused-ring (bicyclic) bond motifs is 1. The Morgan fingerprint density at radius 1 is 1.40 bits per heavy atom. The first-order chi connectivity index (χ1) is 9.48. The van der Waals surface area contributed by atoms with Gasteiger partial charge in [0.05, 0.1) is 0 Å². The molecular weight excluding hydrogens is 249 g/mol. The second-order valence-electron chi connectivity index (χ2n) is 6.36. The molecule has 1 nitrogen and oxygen atoms in total. The molecule has 1 aliphatic heterocycles. The van der Waals surface area contributed by atoms with Crippen molar-refractivity contribution < 1.29 is 4.39 Å². The van der Waals surface area contributed by atoms with Crippen LogP contribution in [-0.4, -0.2) is 13.6 Å². The van der Waals surface area contributed by atoms with Gasteiger partial charge in [0, 0.05) is 24.7 Å². The highest BCUT2D eigenvalue weighted by molar-refractivity contribution is 5.62. The molecule has 2 heteroatoms. The van der Waals surface area contributed by atoms with Gasteiger partial charge in [-0.05, 0) is 50.3 Å². The molecule has 0 radical (unpaired) electrons. The monoisotopic (exact) mass is 275 g/mol. The minimum Gasteiger partial charge on any atom is -0.373 e. The number of rotatable bonds is 6. The van der Waals surface area contributed by atoms with Crippen LogP contribution in [0.5, 0.6) is 0 Å². The molecule has 0 fully saturated rings. The molecule has 20 heavy (non-hydrogen) atoms. The quantitative estimate of drug-likeness (QED) is 0.656. The Hall–Kier alpha value is -1.31. The van der Waals surface area contributed by atoms with Crippen LogP contribution in [0, 0.1) is 5.82 Å². The van der Waals surface area contributed by atoms with Crippen molar-refractivity contribution in [3.8, 4) is 0 Å². The zero-order chi connectivity index (χ0) is 14.8. The molecule has 110 valence electrons. The van der Waals surface area contributed by atoms with E-state index in [0.29, 0.717) is 0 Å². The van der Waals surface area contributed by atoms with Crippen LogP contribution in [0.1, 0.15) is 51.5 Å². The van der Waals surface area contributed by atoms with Crippen LogP contribution >= 0.6 is 0 Å². The summed E-state index contributed by atoms with van der Waals surface area (Å²) in [4.78, 5) is 2.22. The molecule has 1 heterocycles.